The summed E-state index contributed by atoms with van der Waals surface area (Å²) in [6.45, 7) is 7.87. The van der Waals surface area contributed by atoms with E-state index in [2.05, 4.69) is 49.9 Å². The Morgan fingerprint density at radius 3 is 2.73 bits per heavy atom. The molecule has 0 saturated heterocycles. The van der Waals surface area contributed by atoms with Crippen LogP contribution in [-0.4, -0.2) is 17.5 Å². The molecule has 1 heterocycles. The molecule has 1 atom stereocenters. The zero-order chi connectivity index (χ0) is 11.3. The van der Waals surface area contributed by atoms with Gasteiger partial charge >= 0.3 is 0 Å². The molecule has 1 aromatic rings. The van der Waals surface area contributed by atoms with E-state index in [9.17, 15) is 0 Å². The minimum atomic E-state index is 0.324. The van der Waals surface area contributed by atoms with Crippen LogP contribution in [0.4, 0.5) is 0 Å². The number of thioether (sulfide) groups is 1. The van der Waals surface area contributed by atoms with Crippen molar-refractivity contribution in [1.82, 2.24) is 5.32 Å². The van der Waals surface area contributed by atoms with E-state index in [0.29, 0.717) is 10.8 Å². The summed E-state index contributed by atoms with van der Waals surface area (Å²) in [5.74, 6) is 0. The highest BCUT2D eigenvalue weighted by molar-refractivity contribution is 7.99. The molecule has 86 valence electrons. The first-order valence-electron chi connectivity index (χ1n) is 5.41. The maximum Gasteiger partial charge on any atom is 0.0412 e. The van der Waals surface area contributed by atoms with E-state index in [1.54, 1.807) is 0 Å². The van der Waals surface area contributed by atoms with E-state index in [1.165, 1.54) is 4.88 Å². The van der Waals surface area contributed by atoms with Gasteiger partial charge in [-0.05, 0) is 38.0 Å². The SMILES string of the molecule is CCC(NCC(C)(C)SC)c1cccs1. The van der Waals surface area contributed by atoms with Crippen LogP contribution in [0.5, 0.6) is 0 Å². The Balaban J connectivity index is 2.49. The summed E-state index contributed by atoms with van der Waals surface area (Å²) in [5.41, 5.74) is 0. The van der Waals surface area contributed by atoms with Gasteiger partial charge in [0.1, 0.15) is 0 Å². The molecule has 0 aliphatic heterocycles. The molecule has 1 rings (SSSR count). The first kappa shape index (κ1) is 13.1. The topological polar surface area (TPSA) is 12.0 Å². The quantitative estimate of drug-likeness (QED) is 0.812. The van der Waals surface area contributed by atoms with Crippen LogP contribution in [0.25, 0.3) is 0 Å². The van der Waals surface area contributed by atoms with Crippen LogP contribution in [-0.2, 0) is 0 Å². The van der Waals surface area contributed by atoms with Gasteiger partial charge in [0.15, 0.2) is 0 Å². The van der Waals surface area contributed by atoms with Gasteiger partial charge in [0, 0.05) is 22.2 Å². The molecule has 0 aliphatic rings. The van der Waals surface area contributed by atoms with Gasteiger partial charge in [-0.25, -0.2) is 0 Å². The number of nitrogens with one attached hydrogen (secondary N) is 1. The lowest BCUT2D eigenvalue weighted by molar-refractivity contribution is 0.490. The molecule has 0 fully saturated rings. The number of hydrogen-bond acceptors (Lipinski definition) is 3. The Hall–Kier alpha value is 0.01000. The van der Waals surface area contributed by atoms with Gasteiger partial charge in [0.05, 0.1) is 0 Å². The van der Waals surface area contributed by atoms with Crippen LogP contribution in [0.15, 0.2) is 17.5 Å². The molecule has 3 heteroatoms. The Morgan fingerprint density at radius 2 is 2.27 bits per heavy atom. The van der Waals surface area contributed by atoms with Crippen LogP contribution < -0.4 is 5.32 Å². The van der Waals surface area contributed by atoms with Crippen molar-refractivity contribution in [3.63, 3.8) is 0 Å². The lowest BCUT2D eigenvalue weighted by Gasteiger charge is -2.25. The van der Waals surface area contributed by atoms with Crippen molar-refractivity contribution in [3.8, 4) is 0 Å². The first-order valence-corrected chi connectivity index (χ1v) is 7.51. The third kappa shape index (κ3) is 4.17. The first-order chi connectivity index (χ1) is 7.09. The average molecular weight is 243 g/mol. The Morgan fingerprint density at radius 1 is 1.53 bits per heavy atom. The highest BCUT2D eigenvalue weighted by atomic mass is 32.2. The fourth-order valence-electron chi connectivity index (χ4n) is 1.38. The predicted octanol–water partition coefficient (Wildman–Crippen LogP) is 3.93. The summed E-state index contributed by atoms with van der Waals surface area (Å²) in [6.07, 6.45) is 3.33. The predicted molar refractivity (Wildman–Crippen MR) is 72.9 cm³/mol. The minimum Gasteiger partial charge on any atom is -0.308 e. The third-order valence-electron chi connectivity index (χ3n) is 2.62. The lowest BCUT2D eigenvalue weighted by Crippen LogP contribution is -2.34. The average Bonchev–Trinajstić information content (AvgIpc) is 2.72. The molecule has 0 radical (unpaired) electrons. The monoisotopic (exact) mass is 243 g/mol. The zero-order valence-corrected chi connectivity index (χ0v) is 11.7. The van der Waals surface area contributed by atoms with Crippen LogP contribution in [0, 0.1) is 0 Å². The molecule has 0 spiro atoms. The second kappa shape index (κ2) is 5.92. The molecule has 0 bridgehead atoms. The number of rotatable bonds is 6. The van der Waals surface area contributed by atoms with Crippen molar-refractivity contribution in [2.24, 2.45) is 0 Å². The number of thiophene rings is 1. The molecule has 1 N–H and O–H groups in total. The lowest BCUT2D eigenvalue weighted by atomic mass is 10.1. The summed E-state index contributed by atoms with van der Waals surface area (Å²) in [7, 11) is 0. The molecule has 0 aliphatic carbocycles. The minimum absolute atomic E-state index is 0.324. The summed E-state index contributed by atoms with van der Waals surface area (Å²) in [5, 5.41) is 5.80. The van der Waals surface area contributed by atoms with Crippen molar-refractivity contribution < 1.29 is 0 Å². The van der Waals surface area contributed by atoms with Gasteiger partial charge in [0.25, 0.3) is 0 Å². The molecule has 1 aromatic heterocycles. The molecule has 0 aromatic carbocycles. The van der Waals surface area contributed by atoms with E-state index in [-0.39, 0.29) is 0 Å². The van der Waals surface area contributed by atoms with E-state index in [0.717, 1.165) is 13.0 Å². The van der Waals surface area contributed by atoms with Gasteiger partial charge in [-0.1, -0.05) is 13.0 Å². The standard InChI is InChI=1S/C12H21NS2/c1-5-10(11-7-6-8-15-11)13-9-12(2,3)14-4/h6-8,10,13H,5,9H2,1-4H3. The largest absolute Gasteiger partial charge is 0.308 e. The maximum atomic E-state index is 3.65. The summed E-state index contributed by atoms with van der Waals surface area (Å²) in [4.78, 5) is 1.45. The van der Waals surface area contributed by atoms with E-state index in [4.69, 9.17) is 0 Å². The van der Waals surface area contributed by atoms with Gasteiger partial charge in [-0.2, -0.15) is 11.8 Å². The van der Waals surface area contributed by atoms with E-state index < -0.39 is 0 Å². The Kier molecular flexibility index (Phi) is 5.16. The van der Waals surface area contributed by atoms with Crippen LogP contribution in [0.1, 0.15) is 38.1 Å². The molecule has 0 saturated carbocycles. The highest BCUT2D eigenvalue weighted by Crippen LogP contribution is 2.25. The van der Waals surface area contributed by atoms with E-state index >= 15 is 0 Å². The normalized spacial score (nSPS) is 14.1. The highest BCUT2D eigenvalue weighted by Gasteiger charge is 2.18. The van der Waals surface area contributed by atoms with Crippen molar-refractivity contribution in [2.75, 3.05) is 12.8 Å². The fourth-order valence-corrected chi connectivity index (χ4v) is 2.49. The van der Waals surface area contributed by atoms with Crippen molar-refractivity contribution in [1.29, 1.82) is 0 Å². The second-order valence-electron chi connectivity index (χ2n) is 4.32. The number of hydrogen-bond donors (Lipinski definition) is 1. The van der Waals surface area contributed by atoms with Gasteiger partial charge in [-0.15, -0.1) is 11.3 Å². The molecule has 0 amide bonds. The summed E-state index contributed by atoms with van der Waals surface area (Å²) < 4.78 is 0.324. The maximum absolute atomic E-state index is 3.65. The van der Waals surface area contributed by atoms with Crippen LogP contribution in [0.3, 0.4) is 0 Å². The van der Waals surface area contributed by atoms with Crippen molar-refractivity contribution in [3.05, 3.63) is 22.4 Å². The van der Waals surface area contributed by atoms with Gasteiger partial charge in [0.2, 0.25) is 0 Å². The molecule has 15 heavy (non-hydrogen) atoms. The van der Waals surface area contributed by atoms with Crippen molar-refractivity contribution in [2.45, 2.75) is 38.0 Å². The van der Waals surface area contributed by atoms with E-state index in [1.807, 2.05) is 23.1 Å². The Labute approximate surface area is 102 Å². The molecule has 1 nitrogen and oxygen atoms in total. The summed E-state index contributed by atoms with van der Waals surface area (Å²) >= 11 is 3.76. The Bertz CT molecular complexity index is 267. The van der Waals surface area contributed by atoms with Gasteiger partial charge < -0.3 is 5.32 Å². The molecular formula is C12H21NS2. The van der Waals surface area contributed by atoms with Gasteiger partial charge in [-0.3, -0.25) is 0 Å². The molecular weight excluding hydrogens is 222 g/mol. The fraction of sp³-hybridized carbons (Fsp3) is 0.667. The zero-order valence-electron chi connectivity index (χ0n) is 10.0. The second-order valence-corrected chi connectivity index (χ2v) is 6.81. The van der Waals surface area contributed by atoms with Crippen molar-refractivity contribution >= 4 is 23.1 Å². The summed E-state index contributed by atoms with van der Waals surface area (Å²) in [6, 6.07) is 4.87. The smallest absolute Gasteiger partial charge is 0.0412 e. The molecule has 1 unspecified atom stereocenters. The third-order valence-corrected chi connectivity index (χ3v) is 4.86. The van der Waals surface area contributed by atoms with Crippen LogP contribution >= 0.6 is 23.1 Å². The van der Waals surface area contributed by atoms with Crippen LogP contribution in [0.2, 0.25) is 0 Å².